The van der Waals surface area contributed by atoms with Crippen LogP contribution in [-0.4, -0.2) is 58.2 Å². The monoisotopic (exact) mass is 358 g/mol. The number of thiophene rings is 1. The summed E-state index contributed by atoms with van der Waals surface area (Å²) in [6, 6.07) is 2.91. The number of fused-ring (bicyclic) bond motifs is 1. The predicted molar refractivity (Wildman–Crippen MR) is 85.3 cm³/mol. The lowest BCUT2D eigenvalue weighted by atomic mass is 9.88. The normalized spacial score (nSPS) is 29.7. The van der Waals surface area contributed by atoms with E-state index in [4.69, 9.17) is 0 Å². The number of thioether (sulfide) groups is 1. The molecule has 3 atom stereocenters. The highest BCUT2D eigenvalue weighted by molar-refractivity contribution is 8.00. The number of β-lactam (4-membered cyclic amide) rings is 1. The molecule has 1 aromatic heterocycles. The third-order valence-corrected chi connectivity index (χ3v) is 6.63. The van der Waals surface area contributed by atoms with Gasteiger partial charge in [0.05, 0.1) is 5.00 Å². The van der Waals surface area contributed by atoms with Gasteiger partial charge in [-0.05, 0) is 17.5 Å². The molecule has 9 heteroatoms. The quantitative estimate of drug-likeness (QED) is 0.824. The molecule has 124 valence electrons. The SMILES string of the molecule is CC(=O)N(c1cccs1)C1C(=O)N2CC(CF)(C(=O)O)CS[C@H]12. The third kappa shape index (κ3) is 2.42. The zero-order valence-corrected chi connectivity index (χ0v) is 13.9. The molecule has 3 rings (SSSR count). The second-order valence-corrected chi connectivity index (χ2v) is 7.70. The first-order valence-corrected chi connectivity index (χ1v) is 8.89. The van der Waals surface area contributed by atoms with Gasteiger partial charge in [0.15, 0.2) is 0 Å². The number of rotatable bonds is 4. The number of hydrogen-bond acceptors (Lipinski definition) is 5. The van der Waals surface area contributed by atoms with E-state index in [1.165, 1.54) is 39.8 Å². The minimum Gasteiger partial charge on any atom is -0.481 e. The van der Waals surface area contributed by atoms with Crippen LogP contribution in [0, 0.1) is 5.41 Å². The Morgan fingerprint density at radius 3 is 2.83 bits per heavy atom. The van der Waals surface area contributed by atoms with E-state index in [-0.39, 0.29) is 29.5 Å². The summed E-state index contributed by atoms with van der Waals surface area (Å²) in [6.45, 7) is 0.228. The number of anilines is 1. The number of aliphatic carboxylic acids is 1. The Bertz CT molecular complexity index is 653. The standard InChI is InChI=1S/C14H15FN2O4S2/c1-8(18)17(9-3-2-4-22-9)10-11(19)16-6-14(5-15,13(20)21)7-23-12(10)16/h2-4,10,12H,5-7H2,1H3,(H,20,21)/t10?,12-,14?/m1/s1. The van der Waals surface area contributed by atoms with Crippen molar-refractivity contribution in [1.82, 2.24) is 4.90 Å². The van der Waals surface area contributed by atoms with Crippen molar-refractivity contribution < 1.29 is 23.9 Å². The lowest BCUT2D eigenvalue weighted by molar-refractivity contribution is -0.158. The number of halogens is 1. The number of carbonyl (C=O) groups excluding carboxylic acids is 2. The largest absolute Gasteiger partial charge is 0.481 e. The molecule has 2 fully saturated rings. The molecule has 0 aliphatic carbocycles. The number of carbonyl (C=O) groups is 3. The van der Waals surface area contributed by atoms with Crippen molar-refractivity contribution in [2.45, 2.75) is 18.3 Å². The molecule has 0 bridgehead atoms. The minimum absolute atomic E-state index is 0.0833. The Morgan fingerprint density at radius 2 is 2.30 bits per heavy atom. The van der Waals surface area contributed by atoms with Gasteiger partial charge in [-0.1, -0.05) is 0 Å². The van der Waals surface area contributed by atoms with E-state index in [2.05, 4.69) is 0 Å². The fourth-order valence-corrected chi connectivity index (χ4v) is 5.24. The van der Waals surface area contributed by atoms with Crippen LogP contribution in [0.25, 0.3) is 0 Å². The summed E-state index contributed by atoms with van der Waals surface area (Å²) in [5.41, 5.74) is -1.55. The molecular weight excluding hydrogens is 343 g/mol. The van der Waals surface area contributed by atoms with Crippen molar-refractivity contribution >= 4 is 45.9 Å². The number of nitrogens with zero attached hydrogens (tertiary/aromatic N) is 2. The van der Waals surface area contributed by atoms with Crippen molar-refractivity contribution in [1.29, 1.82) is 0 Å². The van der Waals surface area contributed by atoms with E-state index < -0.39 is 24.1 Å². The molecule has 23 heavy (non-hydrogen) atoms. The average molecular weight is 358 g/mol. The molecule has 2 unspecified atom stereocenters. The van der Waals surface area contributed by atoms with E-state index in [1.54, 1.807) is 12.1 Å². The molecule has 1 aromatic rings. The first-order valence-electron chi connectivity index (χ1n) is 6.96. The molecule has 2 aliphatic heterocycles. The van der Waals surface area contributed by atoms with Gasteiger partial charge < -0.3 is 10.0 Å². The maximum absolute atomic E-state index is 13.2. The highest BCUT2D eigenvalue weighted by Crippen LogP contribution is 2.45. The van der Waals surface area contributed by atoms with Gasteiger partial charge in [-0.3, -0.25) is 19.3 Å². The fourth-order valence-electron chi connectivity index (χ4n) is 2.87. The topological polar surface area (TPSA) is 77.9 Å². The van der Waals surface area contributed by atoms with Crippen LogP contribution in [0.5, 0.6) is 0 Å². The molecule has 6 nitrogen and oxygen atoms in total. The molecule has 1 N–H and O–H groups in total. The molecular formula is C14H15FN2O4S2. The van der Waals surface area contributed by atoms with Gasteiger partial charge in [0.25, 0.3) is 0 Å². The number of alkyl halides is 1. The van der Waals surface area contributed by atoms with Crippen LogP contribution in [-0.2, 0) is 14.4 Å². The van der Waals surface area contributed by atoms with Crippen LogP contribution >= 0.6 is 23.1 Å². The van der Waals surface area contributed by atoms with Crippen molar-refractivity contribution in [3.63, 3.8) is 0 Å². The first kappa shape index (κ1) is 16.3. The highest BCUT2D eigenvalue weighted by atomic mass is 32.2. The third-order valence-electron chi connectivity index (χ3n) is 4.19. The summed E-state index contributed by atoms with van der Waals surface area (Å²) < 4.78 is 13.2. The lowest BCUT2D eigenvalue weighted by Crippen LogP contribution is -2.74. The van der Waals surface area contributed by atoms with Crippen LogP contribution in [0.15, 0.2) is 17.5 Å². The summed E-state index contributed by atoms with van der Waals surface area (Å²) in [6.07, 6.45) is 0. The Labute approximate surface area is 140 Å². The Hall–Kier alpha value is -1.61. The Morgan fingerprint density at radius 1 is 1.57 bits per heavy atom. The Balaban J connectivity index is 1.83. The van der Waals surface area contributed by atoms with Gasteiger partial charge in [0.2, 0.25) is 11.8 Å². The number of amides is 2. The maximum Gasteiger partial charge on any atom is 0.314 e. The Kier molecular flexibility index (Phi) is 4.09. The number of carboxylic acids is 1. The average Bonchev–Trinajstić information content (AvgIpc) is 3.04. The maximum atomic E-state index is 13.2. The van der Waals surface area contributed by atoms with Gasteiger partial charge in [-0.2, -0.15) is 0 Å². The van der Waals surface area contributed by atoms with E-state index in [1.807, 2.05) is 5.38 Å². The zero-order valence-electron chi connectivity index (χ0n) is 12.3. The molecule has 2 aliphatic rings. The van der Waals surface area contributed by atoms with Gasteiger partial charge in [-0.15, -0.1) is 23.1 Å². The van der Waals surface area contributed by atoms with Crippen molar-refractivity contribution in [3.05, 3.63) is 17.5 Å². The molecule has 2 amide bonds. The van der Waals surface area contributed by atoms with Crippen LogP contribution in [0.1, 0.15) is 6.92 Å². The second kappa shape index (κ2) is 5.79. The number of hydrogen-bond donors (Lipinski definition) is 1. The van der Waals surface area contributed by atoms with Gasteiger partial charge >= 0.3 is 5.97 Å². The zero-order chi connectivity index (χ0) is 16.8. The van der Waals surface area contributed by atoms with E-state index >= 15 is 0 Å². The molecule has 0 aromatic carbocycles. The lowest BCUT2D eigenvalue weighted by Gasteiger charge is -2.55. The van der Waals surface area contributed by atoms with Crippen LogP contribution in [0.3, 0.4) is 0 Å². The van der Waals surface area contributed by atoms with Crippen molar-refractivity contribution in [3.8, 4) is 0 Å². The first-order chi connectivity index (χ1) is 10.9. The summed E-state index contributed by atoms with van der Waals surface area (Å²) in [7, 11) is 0. The van der Waals surface area contributed by atoms with Gasteiger partial charge in [-0.25, -0.2) is 4.39 Å². The number of carboxylic acid groups (broad SMARTS) is 1. The summed E-state index contributed by atoms with van der Waals surface area (Å²) in [5, 5.41) is 11.4. The highest BCUT2D eigenvalue weighted by Gasteiger charge is 2.59. The second-order valence-electron chi connectivity index (χ2n) is 5.67. The van der Waals surface area contributed by atoms with Crippen LogP contribution < -0.4 is 4.90 Å². The molecule has 0 spiro atoms. The fraction of sp³-hybridized carbons (Fsp3) is 0.500. The smallest absolute Gasteiger partial charge is 0.314 e. The van der Waals surface area contributed by atoms with E-state index in [9.17, 15) is 23.9 Å². The van der Waals surface area contributed by atoms with E-state index in [0.717, 1.165) is 0 Å². The van der Waals surface area contributed by atoms with Crippen molar-refractivity contribution in [2.75, 3.05) is 23.9 Å². The molecule has 0 saturated carbocycles. The van der Waals surface area contributed by atoms with Gasteiger partial charge in [0, 0.05) is 19.2 Å². The predicted octanol–water partition coefficient (Wildman–Crippen LogP) is 1.43. The molecule has 2 saturated heterocycles. The summed E-state index contributed by atoms with van der Waals surface area (Å²) >= 11 is 2.58. The van der Waals surface area contributed by atoms with E-state index in [0.29, 0.717) is 5.00 Å². The summed E-state index contributed by atoms with van der Waals surface area (Å²) in [5.74, 6) is -1.72. The van der Waals surface area contributed by atoms with Crippen LogP contribution in [0.2, 0.25) is 0 Å². The van der Waals surface area contributed by atoms with Gasteiger partial charge in [0.1, 0.15) is 23.5 Å². The van der Waals surface area contributed by atoms with Crippen LogP contribution in [0.4, 0.5) is 9.39 Å². The molecule has 3 heterocycles. The minimum atomic E-state index is -1.55. The van der Waals surface area contributed by atoms with Crippen molar-refractivity contribution in [2.24, 2.45) is 5.41 Å². The summed E-state index contributed by atoms with van der Waals surface area (Å²) in [4.78, 5) is 38.6. The molecule has 0 radical (unpaired) electrons.